The third-order valence-electron chi connectivity index (χ3n) is 4.59. The largest absolute Gasteiger partial charge is 0.337 e. The molecule has 1 aliphatic heterocycles. The van der Waals surface area contributed by atoms with Gasteiger partial charge in [-0.2, -0.15) is 0 Å². The van der Waals surface area contributed by atoms with E-state index in [-0.39, 0.29) is 5.91 Å². The first kappa shape index (κ1) is 16.6. The van der Waals surface area contributed by atoms with Crippen molar-refractivity contribution in [1.82, 2.24) is 20.2 Å². The lowest BCUT2D eigenvalue weighted by molar-refractivity contribution is 0.0789. The molecular weight excluding hydrogens is 300 g/mol. The van der Waals surface area contributed by atoms with Crippen LogP contribution < -0.4 is 5.32 Å². The molecule has 5 nitrogen and oxygen atoms in total. The minimum absolute atomic E-state index is 0.0818. The first-order valence-electron chi connectivity index (χ1n) is 8.56. The Kier molecular flexibility index (Phi) is 5.54. The molecule has 24 heavy (non-hydrogen) atoms. The van der Waals surface area contributed by atoms with Crippen LogP contribution in [-0.4, -0.2) is 46.5 Å². The average Bonchev–Trinajstić information content (AvgIpc) is 3.09. The van der Waals surface area contributed by atoms with Gasteiger partial charge in [-0.15, -0.1) is 0 Å². The molecule has 0 aromatic carbocycles. The maximum atomic E-state index is 12.4. The van der Waals surface area contributed by atoms with Crippen molar-refractivity contribution in [3.63, 3.8) is 0 Å². The van der Waals surface area contributed by atoms with Gasteiger partial charge in [0.25, 0.3) is 5.91 Å². The highest BCUT2D eigenvalue weighted by molar-refractivity contribution is 5.94. The van der Waals surface area contributed by atoms with Crippen LogP contribution in [0.4, 0.5) is 0 Å². The van der Waals surface area contributed by atoms with Crippen LogP contribution in [0.2, 0.25) is 0 Å². The SMILES string of the molecule is Cc1ccncc1CCCNC1CCN(C(=O)c2cccnc2)C1. The number of hydrogen-bond acceptors (Lipinski definition) is 4. The van der Waals surface area contributed by atoms with Gasteiger partial charge in [-0.3, -0.25) is 14.8 Å². The van der Waals surface area contributed by atoms with Crippen LogP contribution in [0.3, 0.4) is 0 Å². The molecule has 1 N–H and O–H groups in total. The Morgan fingerprint density at radius 1 is 1.29 bits per heavy atom. The molecule has 0 spiro atoms. The number of nitrogens with one attached hydrogen (secondary N) is 1. The second-order valence-corrected chi connectivity index (χ2v) is 6.34. The number of carbonyl (C=O) groups excluding carboxylic acids is 1. The Bertz CT molecular complexity index is 674. The third kappa shape index (κ3) is 4.17. The third-order valence-corrected chi connectivity index (χ3v) is 4.59. The van der Waals surface area contributed by atoms with Crippen LogP contribution in [0, 0.1) is 6.92 Å². The molecule has 2 aromatic rings. The molecule has 1 unspecified atom stereocenters. The van der Waals surface area contributed by atoms with Crippen LogP contribution >= 0.6 is 0 Å². The molecule has 1 fully saturated rings. The van der Waals surface area contributed by atoms with Gasteiger partial charge in [-0.05, 0) is 62.1 Å². The molecule has 0 bridgehead atoms. The second kappa shape index (κ2) is 8.02. The molecule has 1 saturated heterocycles. The predicted molar refractivity (Wildman–Crippen MR) is 93.8 cm³/mol. The van der Waals surface area contributed by atoms with Crippen LogP contribution in [0.15, 0.2) is 43.0 Å². The smallest absolute Gasteiger partial charge is 0.255 e. The summed E-state index contributed by atoms with van der Waals surface area (Å²) in [5.74, 6) is 0.0818. The zero-order chi connectivity index (χ0) is 16.8. The summed E-state index contributed by atoms with van der Waals surface area (Å²) in [6, 6.07) is 6.08. The van der Waals surface area contributed by atoms with Gasteiger partial charge in [0.2, 0.25) is 0 Å². The maximum Gasteiger partial charge on any atom is 0.255 e. The van der Waals surface area contributed by atoms with Crippen LogP contribution in [0.5, 0.6) is 0 Å². The van der Waals surface area contributed by atoms with E-state index >= 15 is 0 Å². The summed E-state index contributed by atoms with van der Waals surface area (Å²) in [5, 5.41) is 3.58. The Morgan fingerprint density at radius 3 is 2.96 bits per heavy atom. The molecule has 1 aliphatic rings. The number of amides is 1. The van der Waals surface area contributed by atoms with E-state index in [0.717, 1.165) is 38.9 Å². The van der Waals surface area contributed by atoms with Gasteiger partial charge in [0, 0.05) is 43.9 Å². The number of nitrogens with zero attached hydrogens (tertiary/aromatic N) is 3. The zero-order valence-corrected chi connectivity index (χ0v) is 14.1. The van der Waals surface area contributed by atoms with E-state index < -0.39 is 0 Å². The zero-order valence-electron chi connectivity index (χ0n) is 14.1. The molecule has 0 saturated carbocycles. The molecule has 5 heteroatoms. The molecule has 0 aliphatic carbocycles. The summed E-state index contributed by atoms with van der Waals surface area (Å²) in [7, 11) is 0. The first-order chi connectivity index (χ1) is 11.7. The molecule has 0 radical (unpaired) electrons. The number of likely N-dealkylation sites (tertiary alicyclic amines) is 1. The van der Waals surface area contributed by atoms with Gasteiger partial charge in [0.05, 0.1) is 5.56 Å². The van der Waals surface area contributed by atoms with Gasteiger partial charge < -0.3 is 10.2 Å². The van der Waals surface area contributed by atoms with Crippen molar-refractivity contribution in [2.45, 2.75) is 32.2 Å². The van der Waals surface area contributed by atoms with Crippen molar-refractivity contribution >= 4 is 5.91 Å². The van der Waals surface area contributed by atoms with Crippen molar-refractivity contribution in [2.24, 2.45) is 0 Å². The molecule has 2 aromatic heterocycles. The minimum Gasteiger partial charge on any atom is -0.337 e. The van der Waals surface area contributed by atoms with Gasteiger partial charge in [0.15, 0.2) is 0 Å². The van der Waals surface area contributed by atoms with E-state index in [4.69, 9.17) is 0 Å². The molecule has 3 heterocycles. The van der Waals surface area contributed by atoms with Gasteiger partial charge in [0.1, 0.15) is 0 Å². The highest BCUT2D eigenvalue weighted by atomic mass is 16.2. The van der Waals surface area contributed by atoms with E-state index in [0.29, 0.717) is 11.6 Å². The molecule has 3 rings (SSSR count). The summed E-state index contributed by atoms with van der Waals surface area (Å²) in [6.45, 7) is 4.68. The molecular formula is C19H24N4O. The highest BCUT2D eigenvalue weighted by Gasteiger charge is 2.26. The fourth-order valence-electron chi connectivity index (χ4n) is 3.13. The van der Waals surface area contributed by atoms with Gasteiger partial charge in [-0.25, -0.2) is 0 Å². The average molecular weight is 324 g/mol. The monoisotopic (exact) mass is 324 g/mol. The molecule has 1 amide bonds. The summed E-state index contributed by atoms with van der Waals surface area (Å²) in [4.78, 5) is 22.5. The van der Waals surface area contributed by atoms with Crippen molar-refractivity contribution in [1.29, 1.82) is 0 Å². The van der Waals surface area contributed by atoms with Crippen molar-refractivity contribution < 1.29 is 4.79 Å². The normalized spacial score (nSPS) is 17.2. The van der Waals surface area contributed by atoms with E-state index in [2.05, 4.69) is 28.3 Å². The van der Waals surface area contributed by atoms with E-state index in [9.17, 15) is 4.79 Å². The number of aromatic nitrogens is 2. The summed E-state index contributed by atoms with van der Waals surface area (Å²) in [5.41, 5.74) is 3.29. The molecule has 126 valence electrons. The standard InChI is InChI=1S/C19H24N4O/c1-15-6-10-21-12-16(15)4-3-9-22-18-7-11-23(14-18)19(24)17-5-2-8-20-13-17/h2,5-6,8,10,12-13,18,22H,3-4,7,9,11,14H2,1H3. The Hall–Kier alpha value is -2.27. The van der Waals surface area contributed by atoms with Crippen molar-refractivity contribution in [3.8, 4) is 0 Å². The minimum atomic E-state index is 0.0818. The van der Waals surface area contributed by atoms with E-state index in [1.807, 2.05) is 23.4 Å². The number of aryl methyl sites for hydroxylation is 2. The lowest BCUT2D eigenvalue weighted by atomic mass is 10.1. The van der Waals surface area contributed by atoms with Crippen molar-refractivity contribution in [2.75, 3.05) is 19.6 Å². The fraction of sp³-hybridized carbons (Fsp3) is 0.421. The highest BCUT2D eigenvalue weighted by Crippen LogP contribution is 2.13. The Morgan fingerprint density at radius 2 is 2.17 bits per heavy atom. The van der Waals surface area contributed by atoms with Gasteiger partial charge in [-0.1, -0.05) is 0 Å². The quantitative estimate of drug-likeness (QED) is 0.828. The van der Waals surface area contributed by atoms with Crippen molar-refractivity contribution in [3.05, 3.63) is 59.7 Å². The van der Waals surface area contributed by atoms with Crippen LogP contribution in [-0.2, 0) is 6.42 Å². The fourth-order valence-corrected chi connectivity index (χ4v) is 3.13. The summed E-state index contributed by atoms with van der Waals surface area (Å²) >= 11 is 0. The van der Waals surface area contributed by atoms with Crippen LogP contribution in [0.25, 0.3) is 0 Å². The van der Waals surface area contributed by atoms with E-state index in [1.165, 1.54) is 11.1 Å². The topological polar surface area (TPSA) is 58.1 Å². The maximum absolute atomic E-state index is 12.4. The second-order valence-electron chi connectivity index (χ2n) is 6.34. The van der Waals surface area contributed by atoms with E-state index in [1.54, 1.807) is 18.5 Å². The number of pyridine rings is 2. The first-order valence-corrected chi connectivity index (χ1v) is 8.56. The van der Waals surface area contributed by atoms with Gasteiger partial charge >= 0.3 is 0 Å². The number of carbonyl (C=O) groups is 1. The molecule has 1 atom stereocenters. The predicted octanol–water partition coefficient (Wildman–Crippen LogP) is 2.22. The lowest BCUT2D eigenvalue weighted by Gasteiger charge is -2.17. The van der Waals surface area contributed by atoms with Crippen LogP contribution in [0.1, 0.15) is 34.3 Å². The number of rotatable bonds is 6. The summed E-state index contributed by atoms with van der Waals surface area (Å²) in [6.07, 6.45) is 10.3. The Balaban J connectivity index is 1.40. The Labute approximate surface area is 143 Å². The number of hydrogen-bond donors (Lipinski definition) is 1. The summed E-state index contributed by atoms with van der Waals surface area (Å²) < 4.78 is 0. The lowest BCUT2D eigenvalue weighted by Crippen LogP contribution is -2.35.